The van der Waals surface area contributed by atoms with Gasteiger partial charge in [0.15, 0.2) is 0 Å². The summed E-state index contributed by atoms with van der Waals surface area (Å²) in [5, 5.41) is 3.03. The van der Waals surface area contributed by atoms with Gasteiger partial charge in [0.05, 0.1) is 6.54 Å². The molecule has 3 heteroatoms. The first-order valence-corrected chi connectivity index (χ1v) is 7.22. The van der Waals surface area contributed by atoms with E-state index >= 15 is 0 Å². The Morgan fingerprint density at radius 2 is 2.16 bits per heavy atom. The number of carbonyl (C=O) groups excluding carboxylic acids is 1. The van der Waals surface area contributed by atoms with Crippen molar-refractivity contribution in [3.8, 4) is 0 Å². The summed E-state index contributed by atoms with van der Waals surface area (Å²) < 4.78 is 0. The zero-order chi connectivity index (χ0) is 13.7. The Morgan fingerprint density at radius 1 is 1.37 bits per heavy atom. The van der Waals surface area contributed by atoms with Crippen LogP contribution >= 0.6 is 0 Å². The molecule has 0 bridgehead atoms. The molecule has 0 aromatic heterocycles. The third-order valence-electron chi connectivity index (χ3n) is 4.02. The smallest absolute Gasteiger partial charge is 0.234 e. The van der Waals surface area contributed by atoms with E-state index < -0.39 is 0 Å². The molecule has 1 fully saturated rings. The number of nitrogens with zero attached hydrogens (tertiary/aromatic N) is 1. The topological polar surface area (TPSA) is 32.3 Å². The minimum atomic E-state index is 0.136. The summed E-state index contributed by atoms with van der Waals surface area (Å²) in [4.78, 5) is 14.3. The number of hydrogen-bond donors (Lipinski definition) is 1. The van der Waals surface area contributed by atoms with Crippen molar-refractivity contribution in [2.45, 2.75) is 45.7 Å². The number of carbonyl (C=O) groups is 1. The summed E-state index contributed by atoms with van der Waals surface area (Å²) in [6.45, 7) is 6.52. The Labute approximate surface area is 116 Å². The van der Waals surface area contributed by atoms with Crippen LogP contribution in [0.4, 0.5) is 0 Å². The molecule has 0 spiro atoms. The highest BCUT2D eigenvalue weighted by Gasteiger charge is 2.20. The monoisotopic (exact) mass is 260 g/mol. The number of aryl methyl sites for hydroxylation is 1. The molecule has 1 unspecified atom stereocenters. The Kier molecular flexibility index (Phi) is 4.97. The minimum Gasteiger partial charge on any atom is -0.351 e. The fraction of sp³-hybridized carbons (Fsp3) is 0.562. The van der Waals surface area contributed by atoms with Crippen LogP contribution in [0.1, 0.15) is 37.3 Å². The van der Waals surface area contributed by atoms with Gasteiger partial charge < -0.3 is 5.32 Å². The van der Waals surface area contributed by atoms with E-state index in [1.165, 1.54) is 30.4 Å². The quantitative estimate of drug-likeness (QED) is 0.902. The lowest BCUT2D eigenvalue weighted by molar-refractivity contribution is -0.123. The second-order valence-electron chi connectivity index (χ2n) is 5.52. The summed E-state index contributed by atoms with van der Waals surface area (Å²) in [7, 11) is 0. The molecule has 2 rings (SSSR count). The highest BCUT2D eigenvalue weighted by Crippen LogP contribution is 2.15. The van der Waals surface area contributed by atoms with Gasteiger partial charge in [0.25, 0.3) is 0 Å². The normalized spacial score (nSPS) is 20.2. The fourth-order valence-corrected chi connectivity index (χ4v) is 2.64. The summed E-state index contributed by atoms with van der Waals surface area (Å²) in [5.41, 5.74) is 2.43. The molecular weight excluding hydrogens is 236 g/mol. The number of likely N-dealkylation sites (tertiary alicyclic amines) is 1. The lowest BCUT2D eigenvalue weighted by Crippen LogP contribution is -2.44. The Hall–Kier alpha value is -1.35. The van der Waals surface area contributed by atoms with Crippen LogP contribution in [-0.2, 0) is 11.3 Å². The lowest BCUT2D eigenvalue weighted by Gasteiger charge is -2.32. The first-order chi connectivity index (χ1) is 9.16. The van der Waals surface area contributed by atoms with Gasteiger partial charge in [-0.3, -0.25) is 9.69 Å². The molecule has 19 heavy (non-hydrogen) atoms. The molecule has 1 atom stereocenters. The zero-order valence-electron chi connectivity index (χ0n) is 12.0. The third kappa shape index (κ3) is 4.06. The van der Waals surface area contributed by atoms with E-state index in [9.17, 15) is 4.79 Å². The van der Waals surface area contributed by atoms with Gasteiger partial charge in [0.2, 0.25) is 5.91 Å². The Morgan fingerprint density at radius 3 is 2.89 bits per heavy atom. The molecule has 1 aromatic rings. The number of nitrogens with one attached hydrogen (secondary N) is 1. The zero-order valence-corrected chi connectivity index (χ0v) is 12.0. The van der Waals surface area contributed by atoms with Crippen molar-refractivity contribution in [3.63, 3.8) is 0 Å². The SMILES string of the molecule is Cc1ccccc1CNC(=O)CN1CCCCC1C. The van der Waals surface area contributed by atoms with Gasteiger partial charge in [-0.05, 0) is 44.4 Å². The van der Waals surface area contributed by atoms with Gasteiger partial charge >= 0.3 is 0 Å². The molecule has 0 radical (unpaired) electrons. The van der Waals surface area contributed by atoms with Crippen LogP contribution in [0, 0.1) is 6.92 Å². The maximum Gasteiger partial charge on any atom is 0.234 e. The summed E-state index contributed by atoms with van der Waals surface area (Å²) in [5.74, 6) is 0.136. The predicted octanol–water partition coefficient (Wildman–Crippen LogP) is 2.49. The highest BCUT2D eigenvalue weighted by molar-refractivity contribution is 5.78. The van der Waals surface area contributed by atoms with Crippen LogP contribution in [0.15, 0.2) is 24.3 Å². The average Bonchev–Trinajstić information content (AvgIpc) is 2.40. The molecule has 1 amide bonds. The van der Waals surface area contributed by atoms with E-state index in [-0.39, 0.29) is 5.91 Å². The fourth-order valence-electron chi connectivity index (χ4n) is 2.64. The van der Waals surface area contributed by atoms with Crippen molar-refractivity contribution in [1.29, 1.82) is 0 Å². The predicted molar refractivity (Wildman–Crippen MR) is 77.9 cm³/mol. The van der Waals surface area contributed by atoms with Crippen LogP contribution < -0.4 is 5.32 Å². The van der Waals surface area contributed by atoms with Crippen molar-refractivity contribution in [2.24, 2.45) is 0 Å². The van der Waals surface area contributed by atoms with Gasteiger partial charge in [-0.15, -0.1) is 0 Å². The van der Waals surface area contributed by atoms with E-state index in [4.69, 9.17) is 0 Å². The van der Waals surface area contributed by atoms with E-state index in [0.717, 1.165) is 6.54 Å². The Bertz CT molecular complexity index is 431. The second kappa shape index (κ2) is 6.71. The number of piperidine rings is 1. The van der Waals surface area contributed by atoms with Crippen molar-refractivity contribution in [1.82, 2.24) is 10.2 Å². The molecule has 0 saturated carbocycles. The molecule has 1 heterocycles. The maximum atomic E-state index is 12.0. The summed E-state index contributed by atoms with van der Waals surface area (Å²) in [6, 6.07) is 8.72. The van der Waals surface area contributed by atoms with E-state index in [1.54, 1.807) is 0 Å². The Balaban J connectivity index is 1.80. The average molecular weight is 260 g/mol. The first kappa shape index (κ1) is 14.1. The van der Waals surface area contributed by atoms with Gasteiger partial charge in [-0.25, -0.2) is 0 Å². The van der Waals surface area contributed by atoms with Crippen LogP contribution in [0.25, 0.3) is 0 Å². The van der Waals surface area contributed by atoms with Crippen LogP contribution in [0.5, 0.6) is 0 Å². The van der Waals surface area contributed by atoms with Crippen LogP contribution in [0.2, 0.25) is 0 Å². The highest BCUT2D eigenvalue weighted by atomic mass is 16.2. The number of benzene rings is 1. The molecule has 104 valence electrons. The maximum absolute atomic E-state index is 12.0. The van der Waals surface area contributed by atoms with Crippen molar-refractivity contribution >= 4 is 5.91 Å². The van der Waals surface area contributed by atoms with E-state index in [0.29, 0.717) is 19.1 Å². The summed E-state index contributed by atoms with van der Waals surface area (Å²) >= 11 is 0. The van der Waals surface area contributed by atoms with Crippen LogP contribution in [-0.4, -0.2) is 29.9 Å². The third-order valence-corrected chi connectivity index (χ3v) is 4.02. The molecule has 3 nitrogen and oxygen atoms in total. The van der Waals surface area contributed by atoms with Crippen molar-refractivity contribution < 1.29 is 4.79 Å². The first-order valence-electron chi connectivity index (χ1n) is 7.22. The number of hydrogen-bond acceptors (Lipinski definition) is 2. The minimum absolute atomic E-state index is 0.136. The van der Waals surface area contributed by atoms with Gasteiger partial charge in [0.1, 0.15) is 0 Å². The van der Waals surface area contributed by atoms with Gasteiger partial charge in [0, 0.05) is 12.6 Å². The number of amides is 1. The van der Waals surface area contributed by atoms with Crippen molar-refractivity contribution in [2.75, 3.05) is 13.1 Å². The van der Waals surface area contributed by atoms with Crippen molar-refractivity contribution in [3.05, 3.63) is 35.4 Å². The summed E-state index contributed by atoms with van der Waals surface area (Å²) in [6.07, 6.45) is 3.73. The van der Waals surface area contributed by atoms with Gasteiger partial charge in [-0.2, -0.15) is 0 Å². The second-order valence-corrected chi connectivity index (χ2v) is 5.52. The van der Waals surface area contributed by atoms with E-state index in [2.05, 4.69) is 36.2 Å². The molecule has 1 saturated heterocycles. The van der Waals surface area contributed by atoms with Gasteiger partial charge in [-0.1, -0.05) is 30.7 Å². The van der Waals surface area contributed by atoms with E-state index in [1.807, 2.05) is 12.1 Å². The molecular formula is C16H24N2O. The molecule has 1 N–H and O–H groups in total. The number of rotatable bonds is 4. The molecule has 1 aliphatic heterocycles. The standard InChI is InChI=1S/C16H24N2O/c1-13-7-3-4-9-15(13)11-17-16(19)12-18-10-6-5-8-14(18)2/h3-4,7,9,14H,5-6,8,10-12H2,1-2H3,(H,17,19). The molecule has 1 aliphatic rings. The van der Waals surface area contributed by atoms with Crippen LogP contribution in [0.3, 0.4) is 0 Å². The lowest BCUT2D eigenvalue weighted by atomic mass is 10.0. The molecule has 1 aromatic carbocycles. The largest absolute Gasteiger partial charge is 0.351 e. The molecule has 0 aliphatic carbocycles.